The van der Waals surface area contributed by atoms with Crippen LogP contribution in [0.1, 0.15) is 35.5 Å². The third kappa shape index (κ3) is 2.44. The number of thiazole rings is 1. The number of aryl methyl sites for hydroxylation is 2. The minimum absolute atomic E-state index is 0.327. The van der Waals surface area contributed by atoms with Gasteiger partial charge in [-0.1, -0.05) is 6.92 Å². The van der Waals surface area contributed by atoms with Gasteiger partial charge in [-0.2, -0.15) is 0 Å². The quantitative estimate of drug-likeness (QED) is 0.878. The molecule has 2 heterocycles. The van der Waals surface area contributed by atoms with Gasteiger partial charge in [0.25, 0.3) is 0 Å². The molecule has 1 atom stereocenters. The number of nitrogens with one attached hydrogen (secondary N) is 1. The Morgan fingerprint density at radius 2 is 2.19 bits per heavy atom. The highest BCUT2D eigenvalue weighted by Crippen LogP contribution is 2.27. The summed E-state index contributed by atoms with van der Waals surface area (Å²) in [6.45, 7) is 11.4. The first kappa shape index (κ1) is 12.0. The first-order valence-corrected chi connectivity index (χ1v) is 6.57. The van der Waals surface area contributed by atoms with Crippen LogP contribution in [0.15, 0.2) is 0 Å². The summed E-state index contributed by atoms with van der Waals surface area (Å²) in [6.07, 6.45) is 0. The molecule has 0 spiro atoms. The van der Waals surface area contributed by atoms with Gasteiger partial charge < -0.3 is 10.1 Å². The van der Waals surface area contributed by atoms with Gasteiger partial charge in [-0.05, 0) is 20.8 Å². The van der Waals surface area contributed by atoms with E-state index in [1.807, 2.05) is 0 Å². The van der Waals surface area contributed by atoms with Crippen molar-refractivity contribution in [2.24, 2.45) is 5.41 Å². The molecule has 0 aromatic carbocycles. The fourth-order valence-electron chi connectivity index (χ4n) is 2.00. The summed E-state index contributed by atoms with van der Waals surface area (Å²) in [5.74, 6) is 0. The van der Waals surface area contributed by atoms with E-state index >= 15 is 0 Å². The molecule has 1 fully saturated rings. The van der Waals surface area contributed by atoms with E-state index in [2.05, 4.69) is 38.0 Å². The van der Waals surface area contributed by atoms with Crippen LogP contribution in [0.4, 0.5) is 0 Å². The molecule has 1 N–H and O–H groups in total. The van der Waals surface area contributed by atoms with Crippen LogP contribution in [0, 0.1) is 19.3 Å². The highest BCUT2D eigenvalue weighted by molar-refractivity contribution is 7.11. The van der Waals surface area contributed by atoms with Gasteiger partial charge in [0.15, 0.2) is 0 Å². The van der Waals surface area contributed by atoms with Gasteiger partial charge in [0.2, 0.25) is 0 Å². The topological polar surface area (TPSA) is 34.2 Å². The zero-order valence-corrected chi connectivity index (χ0v) is 11.3. The summed E-state index contributed by atoms with van der Waals surface area (Å²) >= 11 is 1.77. The van der Waals surface area contributed by atoms with Crippen molar-refractivity contribution in [3.05, 3.63) is 15.6 Å². The number of rotatable bonds is 4. The maximum absolute atomic E-state index is 5.25. The van der Waals surface area contributed by atoms with Crippen LogP contribution in [-0.2, 0) is 4.74 Å². The maximum atomic E-state index is 5.25. The smallest absolute Gasteiger partial charge is 0.0900 e. The van der Waals surface area contributed by atoms with E-state index in [-0.39, 0.29) is 0 Å². The highest BCUT2D eigenvalue weighted by atomic mass is 32.1. The van der Waals surface area contributed by atoms with Crippen LogP contribution in [0.25, 0.3) is 0 Å². The lowest BCUT2D eigenvalue weighted by Crippen LogP contribution is -2.47. The monoisotopic (exact) mass is 240 g/mol. The van der Waals surface area contributed by atoms with Gasteiger partial charge in [0.05, 0.1) is 23.9 Å². The Kier molecular flexibility index (Phi) is 3.33. The van der Waals surface area contributed by atoms with E-state index in [0.29, 0.717) is 11.5 Å². The molecule has 1 aliphatic rings. The average molecular weight is 240 g/mol. The lowest BCUT2D eigenvalue weighted by atomic mass is 9.88. The molecule has 0 bridgehead atoms. The fourth-order valence-corrected chi connectivity index (χ4v) is 2.91. The second-order valence-electron chi connectivity index (χ2n) is 5.08. The van der Waals surface area contributed by atoms with Crippen molar-refractivity contribution in [2.75, 3.05) is 19.8 Å². The summed E-state index contributed by atoms with van der Waals surface area (Å²) in [5, 5.41) is 4.71. The Morgan fingerprint density at radius 1 is 1.50 bits per heavy atom. The second-order valence-corrected chi connectivity index (χ2v) is 6.49. The molecule has 2 rings (SSSR count). The van der Waals surface area contributed by atoms with Gasteiger partial charge in [-0.25, -0.2) is 4.98 Å². The van der Waals surface area contributed by atoms with Crippen molar-refractivity contribution in [3.63, 3.8) is 0 Å². The predicted molar refractivity (Wildman–Crippen MR) is 66.9 cm³/mol. The Bertz CT molecular complexity index is 371. The molecule has 1 aliphatic heterocycles. The Hall–Kier alpha value is -0.450. The van der Waals surface area contributed by atoms with Gasteiger partial charge in [-0.15, -0.1) is 11.3 Å². The van der Waals surface area contributed by atoms with Crippen molar-refractivity contribution in [2.45, 2.75) is 33.7 Å². The normalized spacial score (nSPS) is 20.5. The lowest BCUT2D eigenvalue weighted by Gasteiger charge is -2.38. The van der Waals surface area contributed by atoms with Crippen LogP contribution >= 0.6 is 11.3 Å². The van der Waals surface area contributed by atoms with E-state index in [4.69, 9.17) is 4.74 Å². The van der Waals surface area contributed by atoms with Crippen LogP contribution in [0.3, 0.4) is 0 Å². The van der Waals surface area contributed by atoms with Crippen LogP contribution in [-0.4, -0.2) is 24.7 Å². The zero-order chi connectivity index (χ0) is 11.8. The largest absolute Gasteiger partial charge is 0.380 e. The Morgan fingerprint density at radius 3 is 2.62 bits per heavy atom. The molecule has 90 valence electrons. The SMILES string of the molecule is Cc1nc(C(C)NCC2(C)COC2)c(C)s1. The standard InChI is InChI=1S/C12H20N2OS/c1-8(11-9(2)16-10(3)14-11)13-5-12(4)6-15-7-12/h8,13H,5-7H2,1-4H3. The van der Waals surface area contributed by atoms with Gasteiger partial charge in [-0.3, -0.25) is 0 Å². The van der Waals surface area contributed by atoms with E-state index in [1.165, 1.54) is 10.6 Å². The molecule has 3 nitrogen and oxygen atoms in total. The molecule has 1 aromatic rings. The fraction of sp³-hybridized carbons (Fsp3) is 0.750. The summed E-state index contributed by atoms with van der Waals surface area (Å²) < 4.78 is 5.25. The van der Waals surface area contributed by atoms with Crippen molar-refractivity contribution in [1.82, 2.24) is 10.3 Å². The summed E-state index contributed by atoms with van der Waals surface area (Å²) in [4.78, 5) is 5.91. The molecule has 1 aromatic heterocycles. The molecule has 0 amide bonds. The van der Waals surface area contributed by atoms with Crippen LogP contribution < -0.4 is 5.32 Å². The second kappa shape index (κ2) is 4.43. The summed E-state index contributed by atoms with van der Waals surface area (Å²) in [5.41, 5.74) is 1.53. The lowest BCUT2D eigenvalue weighted by molar-refractivity contribution is -0.0999. The molecule has 4 heteroatoms. The number of ether oxygens (including phenoxy) is 1. The average Bonchev–Trinajstić information content (AvgIpc) is 2.51. The predicted octanol–water partition coefficient (Wildman–Crippen LogP) is 2.45. The van der Waals surface area contributed by atoms with Crippen molar-refractivity contribution < 1.29 is 4.74 Å². The molecule has 1 saturated heterocycles. The van der Waals surface area contributed by atoms with Crippen LogP contribution in [0.2, 0.25) is 0 Å². The number of nitrogens with zero attached hydrogens (tertiary/aromatic N) is 1. The number of hydrogen-bond donors (Lipinski definition) is 1. The molecule has 16 heavy (non-hydrogen) atoms. The summed E-state index contributed by atoms with van der Waals surface area (Å²) in [6, 6.07) is 0.336. The molecular weight excluding hydrogens is 220 g/mol. The van der Waals surface area contributed by atoms with E-state index < -0.39 is 0 Å². The minimum Gasteiger partial charge on any atom is -0.380 e. The number of aromatic nitrogens is 1. The Labute approximate surface area is 101 Å². The minimum atomic E-state index is 0.327. The van der Waals surface area contributed by atoms with Crippen molar-refractivity contribution in [3.8, 4) is 0 Å². The van der Waals surface area contributed by atoms with Crippen molar-refractivity contribution in [1.29, 1.82) is 0 Å². The highest BCUT2D eigenvalue weighted by Gasteiger charge is 2.33. The van der Waals surface area contributed by atoms with E-state index in [1.54, 1.807) is 11.3 Å². The van der Waals surface area contributed by atoms with Gasteiger partial charge in [0.1, 0.15) is 0 Å². The van der Waals surface area contributed by atoms with Gasteiger partial charge in [0, 0.05) is 22.9 Å². The first-order valence-electron chi connectivity index (χ1n) is 5.75. The number of hydrogen-bond acceptors (Lipinski definition) is 4. The molecule has 1 unspecified atom stereocenters. The van der Waals surface area contributed by atoms with E-state index in [9.17, 15) is 0 Å². The van der Waals surface area contributed by atoms with E-state index in [0.717, 1.165) is 24.8 Å². The molecule has 0 aliphatic carbocycles. The Balaban J connectivity index is 1.92. The van der Waals surface area contributed by atoms with Gasteiger partial charge >= 0.3 is 0 Å². The third-order valence-corrected chi connectivity index (χ3v) is 3.99. The summed E-state index contributed by atoms with van der Waals surface area (Å²) in [7, 11) is 0. The zero-order valence-electron chi connectivity index (χ0n) is 10.5. The molecule has 0 saturated carbocycles. The van der Waals surface area contributed by atoms with Crippen LogP contribution in [0.5, 0.6) is 0 Å². The third-order valence-electron chi connectivity index (χ3n) is 3.09. The first-order chi connectivity index (χ1) is 7.50. The molecule has 0 radical (unpaired) electrons. The van der Waals surface area contributed by atoms with Crippen molar-refractivity contribution >= 4 is 11.3 Å². The maximum Gasteiger partial charge on any atom is 0.0900 e. The molecular formula is C12H20N2OS.